The number of sulfone groups is 1. The molecule has 30 heteroatoms. The molecule has 3 aliphatic carbocycles. The number of nitrogens with one attached hydrogen (secondary N) is 10. The van der Waals surface area contributed by atoms with E-state index in [0.29, 0.717) is 107 Å². The number of H-pyrrole nitrogens is 3. The summed E-state index contributed by atoms with van der Waals surface area (Å²) < 4.78 is 73.4. The molecule has 15 rings (SSSR count). The number of aromatic nitrogens is 9. The second-order valence-corrected chi connectivity index (χ2v) is 29.3. The van der Waals surface area contributed by atoms with Crippen LogP contribution in [0.25, 0.3) is 66.5 Å². The van der Waals surface area contributed by atoms with E-state index in [1.165, 1.54) is 35.2 Å². The second-order valence-electron chi connectivity index (χ2n) is 27.3. The van der Waals surface area contributed by atoms with Crippen LogP contribution in [0.3, 0.4) is 0 Å². The third-order valence-electron chi connectivity index (χ3n) is 20.0. The van der Waals surface area contributed by atoms with E-state index >= 15 is 0 Å². The molecule has 29 nitrogen and oxygen atoms in total. The number of carbonyl (C=O) groups is 4. The first-order chi connectivity index (χ1) is 54.0. The summed E-state index contributed by atoms with van der Waals surface area (Å²) in [6.45, 7) is 1.02. The van der Waals surface area contributed by atoms with Gasteiger partial charge in [-0.1, -0.05) is 36.4 Å². The first-order valence-electron chi connectivity index (χ1n) is 36.7. The van der Waals surface area contributed by atoms with Gasteiger partial charge in [-0.2, -0.15) is 29.9 Å². The Labute approximate surface area is 638 Å². The van der Waals surface area contributed by atoms with Gasteiger partial charge in [0.2, 0.25) is 48.2 Å². The highest BCUT2D eigenvalue weighted by atomic mass is 32.2. The van der Waals surface area contributed by atoms with E-state index in [9.17, 15) is 27.6 Å². The van der Waals surface area contributed by atoms with Gasteiger partial charge in [-0.25, -0.2) is 8.42 Å². The Bertz CT molecular complexity index is 5630. The lowest BCUT2D eigenvalue weighted by Crippen LogP contribution is -2.19. The van der Waals surface area contributed by atoms with Gasteiger partial charge in [0.15, 0.2) is 9.84 Å². The van der Waals surface area contributed by atoms with E-state index in [1.54, 1.807) is 104 Å². The minimum absolute atomic E-state index is 0.0588. The molecule has 10 N–H and O–H groups in total. The molecule has 12 aromatic rings. The molecular formula is C81H82N16O13S. The van der Waals surface area contributed by atoms with Crippen molar-refractivity contribution in [3.05, 3.63) is 162 Å². The summed E-state index contributed by atoms with van der Waals surface area (Å²) in [6.07, 6.45) is 16.4. The van der Waals surface area contributed by atoms with Crippen LogP contribution in [0.15, 0.2) is 145 Å². The lowest BCUT2D eigenvalue weighted by atomic mass is 10.0. The number of ether oxygens (including phenoxy) is 7. The molecular weight excluding hydrogens is 1440 g/mol. The van der Waals surface area contributed by atoms with Crippen molar-refractivity contribution < 1.29 is 60.8 Å². The molecule has 6 heterocycles. The Morgan fingerprint density at radius 2 is 0.811 bits per heavy atom. The summed E-state index contributed by atoms with van der Waals surface area (Å²) in [5, 5.41) is 22.5. The molecule has 0 unspecified atom stereocenters. The van der Waals surface area contributed by atoms with Crippen LogP contribution in [0.5, 0.6) is 40.6 Å². The van der Waals surface area contributed by atoms with Gasteiger partial charge in [-0.05, 0) is 179 Å². The molecule has 6 aromatic carbocycles. The quantitative estimate of drug-likeness (QED) is 0.0204. The molecule has 3 saturated carbocycles. The normalized spacial score (nSPS) is 14.0. The van der Waals surface area contributed by atoms with Crippen LogP contribution in [0.4, 0.5) is 40.6 Å². The standard InChI is InChI=1S/C81H82N16O13S/c1-44(98)88-52-28-21-45(22-29-52)57-39-85-70-67(57)76(108-53-13-7-8-14-53)95-80(92-70)90-61-33-26-49(74(100)83-3)37-65(61)106-43-107-66-38-50(75(101)84-4)27-34-62(66)91-81-93-71-68(77(96-81)109-54-15-9-10-16-54)58(40-86-71)46-23-30-56(31-24-46)111(102,103)42-51-20-19-47(35-63(51)104-5)59-41-87-72-69(59)78(110-55-17-11-12-18-55)97-79(94-72)89-60-32-25-48(73(99)82-2)36-64(60)105-6/h19-41,53-55H,7-18,42-43H2,1-6H3,(H,82,99)(H,83,100)(H,84,101)(H,88,98)(H2,85,90,92,95)(H2,86,91,93,96)(H2,87,89,94,97). The number of aromatic amines is 3. The molecule has 0 bridgehead atoms. The molecule has 111 heavy (non-hydrogen) atoms. The van der Waals surface area contributed by atoms with Gasteiger partial charge in [0.05, 0.1) is 58.1 Å². The summed E-state index contributed by atoms with van der Waals surface area (Å²) in [4.78, 5) is 90.1. The fourth-order valence-corrected chi connectivity index (χ4v) is 15.7. The van der Waals surface area contributed by atoms with E-state index in [-0.39, 0.29) is 98.9 Å². The van der Waals surface area contributed by atoms with Crippen LogP contribution in [0.2, 0.25) is 0 Å². The number of anilines is 7. The zero-order chi connectivity index (χ0) is 76.9. The monoisotopic (exact) mass is 1520 g/mol. The lowest BCUT2D eigenvalue weighted by molar-refractivity contribution is -0.114. The molecule has 0 aliphatic heterocycles. The highest BCUT2D eigenvalue weighted by molar-refractivity contribution is 7.90. The highest BCUT2D eigenvalue weighted by Gasteiger charge is 2.29. The molecule has 570 valence electrons. The minimum atomic E-state index is -3.97. The third kappa shape index (κ3) is 16.0. The Hall–Kier alpha value is -13.0. The summed E-state index contributed by atoms with van der Waals surface area (Å²) in [5.74, 6) is 1.17. The fourth-order valence-electron chi connectivity index (χ4n) is 14.4. The highest BCUT2D eigenvalue weighted by Crippen LogP contribution is 2.44. The summed E-state index contributed by atoms with van der Waals surface area (Å²) >= 11 is 0. The Morgan fingerprint density at radius 3 is 1.20 bits per heavy atom. The first kappa shape index (κ1) is 73.5. The van der Waals surface area contributed by atoms with Crippen molar-refractivity contribution in [1.82, 2.24) is 60.8 Å². The van der Waals surface area contributed by atoms with Gasteiger partial charge in [-0.3, -0.25) is 19.2 Å². The van der Waals surface area contributed by atoms with Gasteiger partial charge >= 0.3 is 0 Å². The topological polar surface area (TPSA) is 376 Å². The maximum Gasteiger partial charge on any atom is 0.251 e. The van der Waals surface area contributed by atoms with Crippen molar-refractivity contribution in [3.8, 4) is 74.0 Å². The number of rotatable bonds is 28. The SMILES string of the molecule is CNC(=O)c1ccc(Nc2nc(OC3CCCC3)c3c(-c4ccc(CS(=O)(=O)c5ccc(-c6c[nH]c7nc(Nc8ccc(C(=O)NC)cc8OCOc8cc(C(=O)NC)ccc8Nc8nc(OC9CCCC9)c9c(-c%10ccc(NC(C)=O)cc%10)c[nH]c9n8)nc(OC8CCCC8)c67)cc5)c(OC)c4)c[nH]c3n2)c(OC)c1. The van der Waals surface area contributed by atoms with E-state index < -0.39 is 16.6 Å². The van der Waals surface area contributed by atoms with Gasteiger partial charge < -0.3 is 85.3 Å². The van der Waals surface area contributed by atoms with Crippen molar-refractivity contribution in [1.29, 1.82) is 0 Å². The first-order valence-corrected chi connectivity index (χ1v) is 38.4. The summed E-state index contributed by atoms with van der Waals surface area (Å²) in [5.41, 5.74) is 9.23. The second kappa shape index (κ2) is 32.1. The average molecular weight is 1520 g/mol. The van der Waals surface area contributed by atoms with Crippen LogP contribution < -0.4 is 70.4 Å². The van der Waals surface area contributed by atoms with Crippen LogP contribution in [0.1, 0.15) is 121 Å². The van der Waals surface area contributed by atoms with Crippen LogP contribution in [-0.4, -0.2) is 137 Å². The maximum absolute atomic E-state index is 14.5. The lowest BCUT2D eigenvalue weighted by Gasteiger charge is -2.18. The zero-order valence-electron chi connectivity index (χ0n) is 61.8. The Morgan fingerprint density at radius 1 is 0.441 bits per heavy atom. The number of hydrogen-bond donors (Lipinski definition) is 10. The van der Waals surface area contributed by atoms with Crippen LogP contribution in [0, 0.1) is 0 Å². The van der Waals surface area contributed by atoms with Crippen molar-refractivity contribution in [2.24, 2.45) is 0 Å². The van der Waals surface area contributed by atoms with Gasteiger partial charge in [0, 0.05) is 91.3 Å². The number of fused-ring (bicyclic) bond motifs is 3. The van der Waals surface area contributed by atoms with Crippen molar-refractivity contribution >= 4 is 107 Å². The number of methoxy groups -OCH3 is 2. The number of hydrogen-bond acceptors (Lipinski definition) is 22. The molecule has 0 radical (unpaired) electrons. The Balaban J connectivity index is 0.672. The maximum atomic E-state index is 14.5. The fraction of sp³-hybridized carbons (Fsp3) is 0.284. The molecule has 0 spiro atoms. The Kier molecular flexibility index (Phi) is 21.2. The van der Waals surface area contributed by atoms with Gasteiger partial charge in [0.25, 0.3) is 17.7 Å². The average Bonchev–Trinajstić information content (AvgIpc) is 1.66. The molecule has 0 atom stereocenters. The molecule has 6 aromatic heterocycles. The molecule has 4 amide bonds. The minimum Gasteiger partial charge on any atom is -0.496 e. The largest absolute Gasteiger partial charge is 0.496 e. The summed E-state index contributed by atoms with van der Waals surface area (Å²) in [6, 6.07) is 34.2. The summed E-state index contributed by atoms with van der Waals surface area (Å²) in [7, 11) is 3.66. The number of nitrogens with zero attached hydrogens (tertiary/aromatic N) is 6. The number of benzene rings is 6. The smallest absolute Gasteiger partial charge is 0.251 e. The molecule has 3 fully saturated rings. The number of carbonyl (C=O) groups excluding carboxylic acids is 4. The van der Waals surface area contributed by atoms with E-state index in [4.69, 9.17) is 63.1 Å². The molecule has 3 aliphatic rings. The zero-order valence-corrected chi connectivity index (χ0v) is 62.6. The third-order valence-corrected chi connectivity index (χ3v) is 21.7. The van der Waals surface area contributed by atoms with Crippen LogP contribution in [-0.2, 0) is 20.4 Å². The molecule has 0 saturated heterocycles. The van der Waals surface area contributed by atoms with E-state index in [2.05, 4.69) is 52.2 Å². The van der Waals surface area contributed by atoms with E-state index in [0.717, 1.165) is 93.7 Å². The van der Waals surface area contributed by atoms with E-state index in [1.807, 2.05) is 42.7 Å². The number of amides is 4. The predicted molar refractivity (Wildman–Crippen MR) is 420 cm³/mol. The van der Waals surface area contributed by atoms with Crippen molar-refractivity contribution in [2.75, 3.05) is 63.4 Å². The van der Waals surface area contributed by atoms with Crippen molar-refractivity contribution in [2.45, 2.75) is 113 Å². The van der Waals surface area contributed by atoms with Crippen LogP contribution >= 0.6 is 0 Å². The van der Waals surface area contributed by atoms with Gasteiger partial charge in [-0.15, -0.1) is 0 Å². The predicted octanol–water partition coefficient (Wildman–Crippen LogP) is 14.1. The van der Waals surface area contributed by atoms with Crippen molar-refractivity contribution in [3.63, 3.8) is 0 Å². The van der Waals surface area contributed by atoms with Gasteiger partial charge in [0.1, 0.15) is 58.3 Å².